The second kappa shape index (κ2) is 7.25. The highest BCUT2D eigenvalue weighted by Gasteiger charge is 2.29. The van der Waals surface area contributed by atoms with Crippen molar-refractivity contribution in [2.24, 2.45) is 0 Å². The standard InChI is InChI=1S/C12H17N3O4.ClH/c1-8-6-10(14-19-8)13-11(16)7-15-5-3-2-4-9(15)12(17)18;/h6,9H,2-5,7H2,1H3,(H,17,18)(H,13,14,16);1H. The van der Waals surface area contributed by atoms with Gasteiger partial charge in [-0.05, 0) is 26.3 Å². The quantitative estimate of drug-likeness (QED) is 0.870. The van der Waals surface area contributed by atoms with E-state index in [0.29, 0.717) is 24.5 Å². The lowest BCUT2D eigenvalue weighted by Crippen LogP contribution is -2.47. The zero-order valence-corrected chi connectivity index (χ0v) is 12.0. The van der Waals surface area contributed by atoms with Gasteiger partial charge in [0.25, 0.3) is 0 Å². The summed E-state index contributed by atoms with van der Waals surface area (Å²) < 4.78 is 4.84. The van der Waals surface area contributed by atoms with E-state index < -0.39 is 12.0 Å². The maximum Gasteiger partial charge on any atom is 0.320 e. The molecule has 0 saturated carbocycles. The summed E-state index contributed by atoms with van der Waals surface area (Å²) in [5.41, 5.74) is 0. The number of likely N-dealkylation sites (tertiary alicyclic amines) is 1. The van der Waals surface area contributed by atoms with Gasteiger partial charge in [0.15, 0.2) is 5.82 Å². The fourth-order valence-corrected chi connectivity index (χ4v) is 2.25. The Bertz CT molecular complexity index is 477. The number of carboxylic acids is 1. The predicted octanol–water partition coefficient (Wildman–Crippen LogP) is 1.28. The molecule has 8 heteroatoms. The number of aliphatic carboxylic acids is 1. The van der Waals surface area contributed by atoms with Gasteiger partial charge >= 0.3 is 5.97 Å². The van der Waals surface area contributed by atoms with Crippen molar-refractivity contribution in [3.63, 3.8) is 0 Å². The van der Waals surface area contributed by atoms with Gasteiger partial charge in [-0.2, -0.15) is 0 Å². The van der Waals surface area contributed by atoms with Crippen LogP contribution in [0.25, 0.3) is 0 Å². The number of carbonyl (C=O) groups excluding carboxylic acids is 1. The molecule has 1 aromatic rings. The van der Waals surface area contributed by atoms with Gasteiger partial charge in [0.2, 0.25) is 5.91 Å². The number of hydrogen-bond acceptors (Lipinski definition) is 5. The minimum atomic E-state index is -0.871. The number of aryl methyl sites for hydroxylation is 1. The summed E-state index contributed by atoms with van der Waals surface area (Å²) in [6.07, 6.45) is 2.39. The van der Waals surface area contributed by atoms with Gasteiger partial charge in [-0.3, -0.25) is 14.5 Å². The summed E-state index contributed by atoms with van der Waals surface area (Å²) in [5, 5.41) is 15.4. The molecule has 1 unspecified atom stereocenters. The van der Waals surface area contributed by atoms with E-state index in [1.54, 1.807) is 17.9 Å². The Morgan fingerprint density at radius 3 is 2.90 bits per heavy atom. The monoisotopic (exact) mass is 303 g/mol. The van der Waals surface area contributed by atoms with Gasteiger partial charge in [0.1, 0.15) is 11.8 Å². The first-order valence-electron chi connectivity index (χ1n) is 6.26. The summed E-state index contributed by atoms with van der Waals surface area (Å²) in [6.45, 7) is 2.42. The highest BCUT2D eigenvalue weighted by Crippen LogP contribution is 2.17. The second-order valence-corrected chi connectivity index (χ2v) is 4.69. The molecular weight excluding hydrogens is 286 g/mol. The Kier molecular flexibility index (Phi) is 5.97. The van der Waals surface area contributed by atoms with E-state index in [1.165, 1.54) is 0 Å². The van der Waals surface area contributed by atoms with Crippen LogP contribution >= 0.6 is 12.4 Å². The summed E-state index contributed by atoms with van der Waals surface area (Å²) in [7, 11) is 0. The number of nitrogens with one attached hydrogen (secondary N) is 1. The number of halogens is 1. The van der Waals surface area contributed by atoms with Crippen molar-refractivity contribution < 1.29 is 19.2 Å². The van der Waals surface area contributed by atoms with Crippen molar-refractivity contribution in [3.8, 4) is 0 Å². The average molecular weight is 304 g/mol. The lowest BCUT2D eigenvalue weighted by Gasteiger charge is -2.31. The highest BCUT2D eigenvalue weighted by atomic mass is 35.5. The van der Waals surface area contributed by atoms with Crippen molar-refractivity contribution in [3.05, 3.63) is 11.8 Å². The normalized spacial score (nSPS) is 19.1. The van der Waals surface area contributed by atoms with Crippen molar-refractivity contribution in [2.75, 3.05) is 18.4 Å². The van der Waals surface area contributed by atoms with E-state index in [2.05, 4.69) is 10.5 Å². The fourth-order valence-electron chi connectivity index (χ4n) is 2.25. The fraction of sp³-hybridized carbons (Fsp3) is 0.583. The number of carboxylic acid groups (broad SMARTS) is 1. The second-order valence-electron chi connectivity index (χ2n) is 4.69. The molecule has 0 spiro atoms. The number of nitrogens with zero attached hydrogens (tertiary/aromatic N) is 2. The predicted molar refractivity (Wildman–Crippen MR) is 74.0 cm³/mol. The van der Waals surface area contributed by atoms with Crippen LogP contribution in [-0.2, 0) is 9.59 Å². The van der Waals surface area contributed by atoms with Crippen LogP contribution in [0.15, 0.2) is 10.6 Å². The number of aromatic nitrogens is 1. The van der Waals surface area contributed by atoms with Crippen LogP contribution in [0.3, 0.4) is 0 Å². The molecule has 1 fully saturated rings. The molecular formula is C12H18ClN3O4. The van der Waals surface area contributed by atoms with Crippen molar-refractivity contribution in [1.82, 2.24) is 10.1 Å². The molecule has 1 amide bonds. The van der Waals surface area contributed by atoms with Gasteiger partial charge < -0.3 is 14.9 Å². The van der Waals surface area contributed by atoms with E-state index >= 15 is 0 Å². The Labute approximate surface area is 122 Å². The van der Waals surface area contributed by atoms with Crippen LogP contribution < -0.4 is 5.32 Å². The van der Waals surface area contributed by atoms with Crippen molar-refractivity contribution in [1.29, 1.82) is 0 Å². The van der Waals surface area contributed by atoms with E-state index in [-0.39, 0.29) is 24.9 Å². The molecule has 0 aliphatic carbocycles. The molecule has 1 aromatic heterocycles. The molecule has 0 bridgehead atoms. The summed E-state index contributed by atoms with van der Waals surface area (Å²) in [5.74, 6) is -0.186. The first-order valence-corrected chi connectivity index (χ1v) is 6.26. The number of anilines is 1. The summed E-state index contributed by atoms with van der Waals surface area (Å²) in [4.78, 5) is 24.6. The zero-order chi connectivity index (χ0) is 13.8. The third kappa shape index (κ3) is 4.21. The average Bonchev–Trinajstić information content (AvgIpc) is 2.75. The molecule has 7 nitrogen and oxygen atoms in total. The lowest BCUT2D eigenvalue weighted by atomic mass is 10.0. The molecule has 112 valence electrons. The van der Waals surface area contributed by atoms with Crippen LogP contribution in [0, 0.1) is 6.92 Å². The van der Waals surface area contributed by atoms with Crippen LogP contribution in [0.4, 0.5) is 5.82 Å². The minimum absolute atomic E-state index is 0. The van der Waals surface area contributed by atoms with Crippen LogP contribution in [0.5, 0.6) is 0 Å². The number of hydrogen-bond donors (Lipinski definition) is 2. The first kappa shape index (κ1) is 16.5. The lowest BCUT2D eigenvalue weighted by molar-refractivity contribution is -0.145. The smallest absolute Gasteiger partial charge is 0.320 e. The molecule has 0 aromatic carbocycles. The third-order valence-corrected chi connectivity index (χ3v) is 3.14. The largest absolute Gasteiger partial charge is 0.480 e. The van der Waals surface area contributed by atoms with Gasteiger partial charge in [-0.15, -0.1) is 12.4 Å². The third-order valence-electron chi connectivity index (χ3n) is 3.14. The van der Waals surface area contributed by atoms with Crippen molar-refractivity contribution >= 4 is 30.1 Å². The number of carbonyl (C=O) groups is 2. The van der Waals surface area contributed by atoms with Gasteiger partial charge in [0.05, 0.1) is 6.54 Å². The molecule has 20 heavy (non-hydrogen) atoms. The molecule has 1 aliphatic rings. The Balaban J connectivity index is 0.00000200. The van der Waals surface area contributed by atoms with Crippen molar-refractivity contribution in [2.45, 2.75) is 32.2 Å². The molecule has 1 saturated heterocycles. The van der Waals surface area contributed by atoms with E-state index in [1.807, 2.05) is 0 Å². The van der Waals surface area contributed by atoms with Crippen LogP contribution in [0.2, 0.25) is 0 Å². The Morgan fingerprint density at radius 1 is 1.55 bits per heavy atom. The van der Waals surface area contributed by atoms with Gasteiger partial charge in [-0.1, -0.05) is 11.6 Å². The molecule has 2 N–H and O–H groups in total. The van der Waals surface area contributed by atoms with Gasteiger partial charge in [0, 0.05) is 6.07 Å². The maximum atomic E-state index is 11.8. The first-order chi connectivity index (χ1) is 9.06. The Hall–Kier alpha value is -1.60. The van der Waals surface area contributed by atoms with Crippen LogP contribution in [0.1, 0.15) is 25.0 Å². The molecule has 1 aliphatic heterocycles. The van der Waals surface area contributed by atoms with E-state index in [0.717, 1.165) is 12.8 Å². The Morgan fingerprint density at radius 2 is 2.30 bits per heavy atom. The minimum Gasteiger partial charge on any atom is -0.480 e. The SMILES string of the molecule is Cc1cc(NC(=O)CN2CCCCC2C(=O)O)no1.Cl. The van der Waals surface area contributed by atoms with E-state index in [9.17, 15) is 9.59 Å². The topological polar surface area (TPSA) is 95.7 Å². The molecule has 2 heterocycles. The molecule has 1 atom stereocenters. The van der Waals surface area contributed by atoms with E-state index in [4.69, 9.17) is 9.63 Å². The molecule has 2 rings (SSSR count). The summed E-state index contributed by atoms with van der Waals surface area (Å²) >= 11 is 0. The number of piperidine rings is 1. The number of rotatable bonds is 4. The molecule has 0 radical (unpaired) electrons. The van der Waals surface area contributed by atoms with Gasteiger partial charge in [-0.25, -0.2) is 0 Å². The summed E-state index contributed by atoms with van der Waals surface area (Å²) in [6, 6.07) is 1.04. The highest BCUT2D eigenvalue weighted by molar-refractivity contribution is 5.91. The zero-order valence-electron chi connectivity index (χ0n) is 11.2. The number of amides is 1. The maximum absolute atomic E-state index is 11.8. The van der Waals surface area contributed by atoms with Crippen LogP contribution in [-0.4, -0.2) is 46.2 Å².